The Morgan fingerprint density at radius 3 is 2.00 bits per heavy atom. The maximum absolute atomic E-state index is 13.1. The van der Waals surface area contributed by atoms with Crippen molar-refractivity contribution in [2.75, 3.05) is 5.32 Å². The van der Waals surface area contributed by atoms with E-state index in [4.69, 9.17) is 0 Å². The Hall–Kier alpha value is -3.60. The molecule has 0 aliphatic heterocycles. The Balaban J connectivity index is 1.77. The van der Waals surface area contributed by atoms with Crippen LogP contribution in [0.3, 0.4) is 0 Å². The third-order valence-electron chi connectivity index (χ3n) is 4.17. The van der Waals surface area contributed by atoms with Gasteiger partial charge in [-0.3, -0.25) is 4.79 Å². The molecule has 0 saturated heterocycles. The minimum Gasteiger partial charge on any atom is -0.352 e. The van der Waals surface area contributed by atoms with Crippen LogP contribution in [0.1, 0.15) is 15.9 Å². The summed E-state index contributed by atoms with van der Waals surface area (Å²) in [6.07, 6.45) is 1.65. The zero-order valence-electron chi connectivity index (χ0n) is 14.1. The van der Waals surface area contributed by atoms with Crippen molar-refractivity contribution >= 4 is 22.9 Å². The summed E-state index contributed by atoms with van der Waals surface area (Å²) in [6.45, 7) is 0. The molecule has 1 aliphatic rings. The van der Waals surface area contributed by atoms with Gasteiger partial charge in [0, 0.05) is 16.8 Å². The number of hydrogen-bond acceptors (Lipinski definition) is 3. The number of anilines is 1. The predicted octanol–water partition coefficient (Wildman–Crippen LogP) is 5.28. The minimum atomic E-state index is -0.353. The second-order valence-electron chi connectivity index (χ2n) is 6.04. The molecule has 4 rings (SSSR count). The van der Waals surface area contributed by atoms with Crippen LogP contribution in [0.5, 0.6) is 0 Å². The van der Waals surface area contributed by atoms with E-state index >= 15 is 0 Å². The second kappa shape index (κ2) is 6.96. The smallest absolute Gasteiger partial charge is 0.209 e. The Morgan fingerprint density at radius 1 is 0.741 bits per heavy atom. The summed E-state index contributed by atoms with van der Waals surface area (Å²) in [5, 5.41) is 3.03. The van der Waals surface area contributed by atoms with Gasteiger partial charge in [0.15, 0.2) is 0 Å². The van der Waals surface area contributed by atoms with Gasteiger partial charge in [0.2, 0.25) is 5.78 Å². The van der Waals surface area contributed by atoms with Gasteiger partial charge in [-0.25, -0.2) is 13.8 Å². The lowest BCUT2D eigenvalue weighted by Crippen LogP contribution is -2.21. The summed E-state index contributed by atoms with van der Waals surface area (Å²) in [5.74, 6) is -0.867. The van der Waals surface area contributed by atoms with Crippen molar-refractivity contribution < 1.29 is 13.6 Å². The summed E-state index contributed by atoms with van der Waals surface area (Å²) in [7, 11) is 0. The highest BCUT2D eigenvalue weighted by Gasteiger charge is 2.24. The molecular formula is C22H14F2N2O. The van der Waals surface area contributed by atoms with E-state index in [0.717, 1.165) is 0 Å². The van der Waals surface area contributed by atoms with Gasteiger partial charge in [0.05, 0.1) is 17.1 Å². The number of benzene rings is 3. The zero-order valence-corrected chi connectivity index (χ0v) is 14.1. The number of ketones is 1. The van der Waals surface area contributed by atoms with E-state index in [-0.39, 0.29) is 17.4 Å². The SMILES string of the molecule is O=C1C(Nc2ccc(F)cc2)=CC(=Nc2ccc(F)cc2)c2ccccc21. The highest BCUT2D eigenvalue weighted by molar-refractivity contribution is 6.27. The van der Waals surface area contributed by atoms with Crippen molar-refractivity contribution in [1.82, 2.24) is 0 Å². The van der Waals surface area contributed by atoms with Gasteiger partial charge in [-0.05, 0) is 54.6 Å². The third-order valence-corrected chi connectivity index (χ3v) is 4.17. The van der Waals surface area contributed by atoms with E-state index < -0.39 is 0 Å². The zero-order chi connectivity index (χ0) is 18.8. The maximum atomic E-state index is 13.1. The molecule has 0 fully saturated rings. The standard InChI is InChI=1S/C22H14F2N2O/c23-14-5-9-16(10-6-14)25-20-13-21(26-17-11-7-15(24)8-12-17)22(27)19-4-2-1-3-18(19)20/h1-13,26H. The fourth-order valence-electron chi connectivity index (χ4n) is 2.86. The van der Waals surface area contributed by atoms with Crippen LogP contribution in [0.25, 0.3) is 0 Å². The number of aliphatic imine (C=N–C) groups is 1. The van der Waals surface area contributed by atoms with Crippen molar-refractivity contribution in [3.63, 3.8) is 0 Å². The first kappa shape index (κ1) is 16.8. The van der Waals surface area contributed by atoms with Gasteiger partial charge in [-0.1, -0.05) is 24.3 Å². The van der Waals surface area contributed by atoms with Gasteiger partial charge >= 0.3 is 0 Å². The number of Topliss-reactive ketones (excluding diaryl/α,β-unsaturated/α-hetero) is 1. The molecule has 27 heavy (non-hydrogen) atoms. The van der Waals surface area contributed by atoms with Crippen LogP contribution in [-0.2, 0) is 0 Å². The lowest BCUT2D eigenvalue weighted by Gasteiger charge is -2.19. The molecule has 0 bridgehead atoms. The summed E-state index contributed by atoms with van der Waals surface area (Å²) in [4.78, 5) is 17.4. The summed E-state index contributed by atoms with van der Waals surface area (Å²) in [5.41, 5.74) is 3.31. The number of rotatable bonds is 3. The van der Waals surface area contributed by atoms with E-state index in [1.807, 2.05) is 12.1 Å². The number of nitrogens with zero attached hydrogens (tertiary/aromatic N) is 1. The molecule has 1 aliphatic carbocycles. The third kappa shape index (κ3) is 3.53. The summed E-state index contributed by atoms with van der Waals surface area (Å²) < 4.78 is 26.3. The van der Waals surface area contributed by atoms with Crippen molar-refractivity contribution in [2.45, 2.75) is 0 Å². The van der Waals surface area contributed by atoms with Crippen molar-refractivity contribution in [2.24, 2.45) is 4.99 Å². The van der Waals surface area contributed by atoms with Crippen LogP contribution in [0.15, 0.2) is 89.6 Å². The van der Waals surface area contributed by atoms with Gasteiger partial charge < -0.3 is 5.32 Å². The first-order valence-electron chi connectivity index (χ1n) is 8.33. The van der Waals surface area contributed by atoms with Crippen molar-refractivity contribution in [3.8, 4) is 0 Å². The number of hydrogen-bond donors (Lipinski definition) is 1. The Bertz CT molecular complexity index is 1070. The van der Waals surface area contributed by atoms with Crippen LogP contribution >= 0.6 is 0 Å². The first-order chi connectivity index (χ1) is 13.1. The van der Waals surface area contributed by atoms with Gasteiger partial charge in [-0.2, -0.15) is 0 Å². The fourth-order valence-corrected chi connectivity index (χ4v) is 2.86. The molecule has 3 aromatic rings. The van der Waals surface area contributed by atoms with E-state index in [1.165, 1.54) is 24.3 Å². The normalized spacial score (nSPS) is 14.7. The Labute approximate surface area is 154 Å². The van der Waals surface area contributed by atoms with Crippen LogP contribution in [0, 0.1) is 11.6 Å². The highest BCUT2D eigenvalue weighted by atomic mass is 19.1. The Kier molecular flexibility index (Phi) is 4.34. The van der Waals surface area contributed by atoms with E-state index in [1.54, 1.807) is 42.5 Å². The molecule has 1 N–H and O–H groups in total. The second-order valence-corrected chi connectivity index (χ2v) is 6.04. The van der Waals surface area contributed by atoms with Gasteiger partial charge in [0.1, 0.15) is 11.6 Å². The van der Waals surface area contributed by atoms with Gasteiger partial charge in [-0.15, -0.1) is 0 Å². The molecule has 3 nitrogen and oxygen atoms in total. The number of carbonyl (C=O) groups is 1. The van der Waals surface area contributed by atoms with Crippen molar-refractivity contribution in [1.29, 1.82) is 0 Å². The van der Waals surface area contributed by atoms with E-state index in [9.17, 15) is 13.6 Å². The highest BCUT2D eigenvalue weighted by Crippen LogP contribution is 2.25. The van der Waals surface area contributed by atoms with Crippen LogP contribution in [0.2, 0.25) is 0 Å². The largest absolute Gasteiger partial charge is 0.352 e. The molecular weight excluding hydrogens is 346 g/mol. The van der Waals surface area contributed by atoms with Crippen LogP contribution < -0.4 is 5.32 Å². The maximum Gasteiger partial charge on any atom is 0.209 e. The number of allylic oxidation sites excluding steroid dienone is 2. The first-order valence-corrected chi connectivity index (χ1v) is 8.33. The molecule has 0 atom stereocenters. The quantitative estimate of drug-likeness (QED) is 0.691. The number of nitrogens with one attached hydrogen (secondary N) is 1. The van der Waals surface area contributed by atoms with E-state index in [2.05, 4.69) is 10.3 Å². The number of fused-ring (bicyclic) bond motifs is 1. The summed E-state index contributed by atoms with van der Waals surface area (Å²) >= 11 is 0. The average molecular weight is 360 g/mol. The van der Waals surface area contributed by atoms with Crippen LogP contribution in [-0.4, -0.2) is 11.5 Å². The molecule has 0 amide bonds. The fraction of sp³-hybridized carbons (Fsp3) is 0. The Morgan fingerprint density at radius 2 is 1.33 bits per heavy atom. The lowest BCUT2D eigenvalue weighted by molar-refractivity contribution is 0.103. The average Bonchev–Trinajstić information content (AvgIpc) is 2.69. The lowest BCUT2D eigenvalue weighted by atomic mass is 9.92. The molecule has 0 radical (unpaired) electrons. The van der Waals surface area contributed by atoms with Crippen LogP contribution in [0.4, 0.5) is 20.2 Å². The van der Waals surface area contributed by atoms with Gasteiger partial charge in [0.25, 0.3) is 0 Å². The molecule has 132 valence electrons. The number of halogens is 2. The molecule has 0 unspecified atom stereocenters. The number of carbonyl (C=O) groups excluding carboxylic acids is 1. The summed E-state index contributed by atoms with van der Waals surface area (Å²) in [6, 6.07) is 18.7. The molecule has 0 saturated carbocycles. The van der Waals surface area contributed by atoms with E-state index in [0.29, 0.717) is 33.9 Å². The predicted molar refractivity (Wildman–Crippen MR) is 101 cm³/mol. The topological polar surface area (TPSA) is 41.5 Å². The van der Waals surface area contributed by atoms with Crippen molar-refractivity contribution in [3.05, 3.63) is 107 Å². The molecule has 0 aromatic heterocycles. The molecule has 0 spiro atoms. The molecule has 5 heteroatoms. The molecule has 3 aromatic carbocycles. The minimum absolute atomic E-state index is 0.173. The molecule has 0 heterocycles. The monoisotopic (exact) mass is 360 g/mol.